The van der Waals surface area contributed by atoms with Crippen LogP contribution in [-0.2, 0) is 23.9 Å². The number of carboxylic acids is 1. The lowest BCUT2D eigenvalue weighted by atomic mass is 9.53. The average Bonchev–Trinajstić information content (AvgIpc) is 2.78. The predicted octanol–water partition coefficient (Wildman–Crippen LogP) is 4.12. The molecule has 0 bridgehead atoms. The molecular formula is C27H38O7. The second kappa shape index (κ2) is 8.59. The van der Waals surface area contributed by atoms with Gasteiger partial charge in [0, 0.05) is 22.5 Å². The van der Waals surface area contributed by atoms with Crippen molar-refractivity contribution in [2.45, 2.75) is 109 Å². The summed E-state index contributed by atoms with van der Waals surface area (Å²) in [6.45, 7) is 9.54. The number of hydrogen-bond donors (Lipinski definition) is 2. The number of unbranched alkanes of at least 4 members (excludes halogenated alkanes) is 1. The number of carboxylic acid groups (broad SMARTS) is 1. The smallest absolute Gasteiger partial charge is 0.338 e. The van der Waals surface area contributed by atoms with Gasteiger partial charge in [-0.2, -0.15) is 0 Å². The van der Waals surface area contributed by atoms with E-state index in [9.17, 15) is 24.6 Å². The number of allylic oxidation sites excluding steroid dienone is 3. The molecular weight excluding hydrogens is 436 g/mol. The molecule has 2 aliphatic carbocycles. The lowest BCUT2D eigenvalue weighted by Crippen LogP contribution is -2.63. The summed E-state index contributed by atoms with van der Waals surface area (Å²) in [7, 11) is 0. The summed E-state index contributed by atoms with van der Waals surface area (Å²) >= 11 is 0. The van der Waals surface area contributed by atoms with Crippen LogP contribution in [0.5, 0.6) is 0 Å². The van der Waals surface area contributed by atoms with E-state index in [1.54, 1.807) is 0 Å². The van der Waals surface area contributed by atoms with Crippen molar-refractivity contribution in [2.24, 2.45) is 17.3 Å². The molecule has 7 atom stereocenters. The number of carbonyl (C=O) groups excluding carboxylic acids is 2. The van der Waals surface area contributed by atoms with E-state index in [1.165, 1.54) is 13.0 Å². The second-order valence-corrected chi connectivity index (χ2v) is 11.5. The van der Waals surface area contributed by atoms with Gasteiger partial charge in [-0.05, 0) is 64.4 Å². The van der Waals surface area contributed by atoms with E-state index in [0.29, 0.717) is 43.3 Å². The summed E-state index contributed by atoms with van der Waals surface area (Å²) in [6, 6.07) is 0. The van der Waals surface area contributed by atoms with E-state index in [2.05, 4.69) is 13.8 Å². The third-order valence-electron chi connectivity index (χ3n) is 9.10. The maximum absolute atomic E-state index is 13.4. The van der Waals surface area contributed by atoms with E-state index in [0.717, 1.165) is 19.3 Å². The third kappa shape index (κ3) is 3.85. The predicted molar refractivity (Wildman–Crippen MR) is 125 cm³/mol. The largest absolute Gasteiger partial charge is 0.483 e. The van der Waals surface area contributed by atoms with Gasteiger partial charge in [0.15, 0.2) is 17.1 Å². The standard InChI is InChI=1S/C27H38O7/c1-6-7-8-15(2)16-13-18(28)17-14-19-25(3)11-9-21(27(5,32)24(30)31)33-20(25)10-12-26(19,4)34-23(17)22(16)29/h13,15,19-21,32H,6-12,14H2,1-5H3,(H,30,31)/t15?,19-,20-,21-,25-,26-,27?/m1/s1. The number of aliphatic carboxylic acids is 1. The number of aliphatic hydroxyl groups is 1. The number of ether oxygens (including phenoxy) is 2. The molecule has 2 aliphatic heterocycles. The lowest BCUT2D eigenvalue weighted by molar-refractivity contribution is -0.249. The second-order valence-electron chi connectivity index (χ2n) is 11.5. The van der Waals surface area contributed by atoms with Crippen LogP contribution in [-0.4, -0.2) is 51.2 Å². The fourth-order valence-electron chi connectivity index (χ4n) is 6.68. The first-order valence-corrected chi connectivity index (χ1v) is 12.7. The Bertz CT molecular complexity index is 960. The molecule has 0 aromatic carbocycles. The summed E-state index contributed by atoms with van der Waals surface area (Å²) in [6.07, 6.45) is 6.13. The van der Waals surface area contributed by atoms with Gasteiger partial charge in [0.05, 0.1) is 12.2 Å². The Kier molecular flexibility index (Phi) is 6.35. The van der Waals surface area contributed by atoms with Crippen molar-refractivity contribution in [3.63, 3.8) is 0 Å². The van der Waals surface area contributed by atoms with Crippen LogP contribution < -0.4 is 0 Å². The van der Waals surface area contributed by atoms with Crippen LogP contribution in [0.1, 0.15) is 86.0 Å². The van der Waals surface area contributed by atoms with Crippen LogP contribution in [0.2, 0.25) is 0 Å². The van der Waals surface area contributed by atoms with Gasteiger partial charge in [0.1, 0.15) is 5.60 Å². The number of Topliss-reactive ketones (excluding diaryl/α,β-unsaturated/α-hetero) is 1. The number of carbonyl (C=O) groups is 3. The van der Waals surface area contributed by atoms with Crippen LogP contribution in [0.15, 0.2) is 23.0 Å². The van der Waals surface area contributed by atoms with Crippen LogP contribution in [0.4, 0.5) is 0 Å². The quantitative estimate of drug-likeness (QED) is 0.557. The van der Waals surface area contributed by atoms with Crippen molar-refractivity contribution >= 4 is 17.5 Å². The average molecular weight is 475 g/mol. The molecule has 0 radical (unpaired) electrons. The van der Waals surface area contributed by atoms with Gasteiger partial charge in [0.2, 0.25) is 5.78 Å². The van der Waals surface area contributed by atoms with Crippen molar-refractivity contribution in [3.8, 4) is 0 Å². The monoisotopic (exact) mass is 474 g/mol. The molecule has 7 nitrogen and oxygen atoms in total. The Hall–Kier alpha value is -1.99. The van der Waals surface area contributed by atoms with Gasteiger partial charge in [-0.3, -0.25) is 9.59 Å². The van der Waals surface area contributed by atoms with E-state index >= 15 is 0 Å². The molecule has 7 heteroatoms. The molecule has 188 valence electrons. The Balaban J connectivity index is 1.60. The Morgan fingerprint density at radius 1 is 1.26 bits per heavy atom. The summed E-state index contributed by atoms with van der Waals surface area (Å²) in [5.41, 5.74) is -1.92. The van der Waals surface area contributed by atoms with Crippen molar-refractivity contribution in [2.75, 3.05) is 0 Å². The summed E-state index contributed by atoms with van der Waals surface area (Å²) in [5, 5.41) is 19.9. The third-order valence-corrected chi connectivity index (χ3v) is 9.10. The van der Waals surface area contributed by atoms with Crippen molar-refractivity contribution < 1.29 is 34.1 Å². The zero-order chi connectivity index (χ0) is 25.1. The van der Waals surface area contributed by atoms with E-state index in [4.69, 9.17) is 9.47 Å². The van der Waals surface area contributed by atoms with Crippen molar-refractivity contribution in [1.82, 2.24) is 0 Å². The zero-order valence-electron chi connectivity index (χ0n) is 21.0. The fraction of sp³-hybridized carbons (Fsp3) is 0.741. The fourth-order valence-corrected chi connectivity index (χ4v) is 6.68. The van der Waals surface area contributed by atoms with Crippen molar-refractivity contribution in [1.29, 1.82) is 0 Å². The number of ketones is 2. The molecule has 1 saturated carbocycles. The Labute approximate surface area is 201 Å². The lowest BCUT2D eigenvalue weighted by Gasteiger charge is -2.60. The van der Waals surface area contributed by atoms with Gasteiger partial charge in [-0.25, -0.2) is 4.79 Å². The Morgan fingerprint density at radius 3 is 2.62 bits per heavy atom. The molecule has 0 spiro atoms. The topological polar surface area (TPSA) is 110 Å². The van der Waals surface area contributed by atoms with E-state index < -0.39 is 23.3 Å². The molecule has 2 fully saturated rings. The van der Waals surface area contributed by atoms with Crippen LogP contribution in [0, 0.1) is 17.3 Å². The molecule has 0 amide bonds. The van der Waals surface area contributed by atoms with Crippen molar-refractivity contribution in [3.05, 3.63) is 23.0 Å². The first kappa shape index (κ1) is 25.1. The molecule has 1 saturated heterocycles. The van der Waals surface area contributed by atoms with E-state index in [-0.39, 0.29) is 40.7 Å². The number of fused-ring (bicyclic) bond motifs is 3. The molecule has 0 aromatic heterocycles. The highest BCUT2D eigenvalue weighted by Gasteiger charge is 2.61. The van der Waals surface area contributed by atoms with Gasteiger partial charge in [-0.15, -0.1) is 0 Å². The van der Waals surface area contributed by atoms with Crippen LogP contribution >= 0.6 is 0 Å². The molecule has 34 heavy (non-hydrogen) atoms. The molecule has 0 aromatic rings. The maximum atomic E-state index is 13.4. The molecule has 2 N–H and O–H groups in total. The first-order valence-electron chi connectivity index (χ1n) is 12.7. The van der Waals surface area contributed by atoms with Crippen LogP contribution in [0.3, 0.4) is 0 Å². The highest BCUT2D eigenvalue weighted by atomic mass is 16.5. The minimum Gasteiger partial charge on any atom is -0.483 e. The van der Waals surface area contributed by atoms with Gasteiger partial charge >= 0.3 is 5.97 Å². The SMILES string of the molecule is CCCCC(C)C1=CC(=O)C2=C(O[C@]3(C)CC[C@H]4O[C@@H](C(C)(O)C(=O)O)CC[C@]4(C)[C@H]3C2)C1=O. The summed E-state index contributed by atoms with van der Waals surface area (Å²) in [5.74, 6) is -1.39. The highest BCUT2D eigenvalue weighted by Crippen LogP contribution is 2.59. The summed E-state index contributed by atoms with van der Waals surface area (Å²) in [4.78, 5) is 38.1. The summed E-state index contributed by atoms with van der Waals surface area (Å²) < 4.78 is 12.7. The molecule has 4 aliphatic rings. The number of rotatable bonds is 6. The maximum Gasteiger partial charge on any atom is 0.338 e. The Morgan fingerprint density at radius 2 is 1.97 bits per heavy atom. The zero-order valence-corrected chi connectivity index (χ0v) is 21.0. The molecule has 4 rings (SSSR count). The molecule has 2 unspecified atom stereocenters. The highest BCUT2D eigenvalue weighted by molar-refractivity contribution is 6.22. The molecule has 2 heterocycles. The minimum atomic E-state index is -1.96. The number of hydrogen-bond acceptors (Lipinski definition) is 6. The minimum absolute atomic E-state index is 0.0125. The first-order chi connectivity index (χ1) is 15.8. The van der Waals surface area contributed by atoms with Gasteiger partial charge in [0.25, 0.3) is 0 Å². The van der Waals surface area contributed by atoms with Gasteiger partial charge in [-0.1, -0.05) is 33.6 Å². The van der Waals surface area contributed by atoms with E-state index in [1.807, 2.05) is 13.8 Å². The van der Waals surface area contributed by atoms with Crippen LogP contribution in [0.25, 0.3) is 0 Å². The normalized spacial score (nSPS) is 38.1. The van der Waals surface area contributed by atoms with Gasteiger partial charge < -0.3 is 19.7 Å².